The molecule has 3 aromatic carbocycles. The number of nitrogens with zero attached hydrogens (tertiary/aromatic N) is 1. The summed E-state index contributed by atoms with van der Waals surface area (Å²) < 4.78 is 5.88. The van der Waals surface area contributed by atoms with Crippen LogP contribution in [0.4, 0.5) is 5.69 Å². The average molecular weight is 346 g/mol. The molecule has 3 rings (SSSR count). The van der Waals surface area contributed by atoms with E-state index in [2.05, 4.69) is 10.5 Å². The standard InChI is InChI=1S/C21H18N2O3/c24-21(25)17-10-12-19(13-11-17)23-22-14-18-8-4-5-9-20(18)26-15-16-6-2-1-3-7-16/h1-14,23H,15H2,(H,24,25)/b22-14+. The van der Waals surface area contributed by atoms with Crippen molar-refractivity contribution in [1.82, 2.24) is 0 Å². The second-order valence-corrected chi connectivity index (χ2v) is 5.56. The Kier molecular flexibility index (Phi) is 5.62. The summed E-state index contributed by atoms with van der Waals surface area (Å²) in [7, 11) is 0. The first-order valence-electron chi connectivity index (χ1n) is 8.10. The van der Waals surface area contributed by atoms with Crippen molar-refractivity contribution in [2.45, 2.75) is 6.61 Å². The summed E-state index contributed by atoms with van der Waals surface area (Å²) >= 11 is 0. The van der Waals surface area contributed by atoms with Crippen LogP contribution < -0.4 is 10.2 Å². The highest BCUT2D eigenvalue weighted by Crippen LogP contribution is 2.18. The van der Waals surface area contributed by atoms with E-state index in [9.17, 15) is 4.79 Å². The van der Waals surface area contributed by atoms with Crippen LogP contribution in [0.5, 0.6) is 5.75 Å². The van der Waals surface area contributed by atoms with Crippen LogP contribution in [0.1, 0.15) is 21.5 Å². The molecule has 0 atom stereocenters. The van der Waals surface area contributed by atoms with Gasteiger partial charge in [-0.2, -0.15) is 5.10 Å². The molecule has 5 heteroatoms. The van der Waals surface area contributed by atoms with Gasteiger partial charge < -0.3 is 9.84 Å². The summed E-state index contributed by atoms with van der Waals surface area (Å²) in [5, 5.41) is 13.1. The highest BCUT2D eigenvalue weighted by Gasteiger charge is 2.02. The van der Waals surface area contributed by atoms with Gasteiger partial charge in [-0.3, -0.25) is 5.43 Å². The van der Waals surface area contributed by atoms with Crippen LogP contribution in [-0.4, -0.2) is 17.3 Å². The van der Waals surface area contributed by atoms with E-state index < -0.39 is 5.97 Å². The van der Waals surface area contributed by atoms with Gasteiger partial charge in [-0.15, -0.1) is 0 Å². The number of para-hydroxylation sites is 1. The Labute approximate surface area is 151 Å². The summed E-state index contributed by atoms with van der Waals surface area (Å²) in [6.07, 6.45) is 1.67. The lowest BCUT2D eigenvalue weighted by Gasteiger charge is -2.09. The van der Waals surface area contributed by atoms with Gasteiger partial charge in [0.25, 0.3) is 0 Å². The first-order chi connectivity index (χ1) is 12.7. The van der Waals surface area contributed by atoms with Crippen LogP contribution in [0.2, 0.25) is 0 Å². The number of ether oxygens (including phenoxy) is 1. The Bertz CT molecular complexity index is 891. The van der Waals surface area contributed by atoms with Gasteiger partial charge in [-0.1, -0.05) is 42.5 Å². The Balaban J connectivity index is 1.64. The molecule has 0 spiro atoms. The molecule has 0 saturated carbocycles. The average Bonchev–Trinajstić information content (AvgIpc) is 2.68. The molecule has 3 aromatic rings. The number of rotatable bonds is 7. The van der Waals surface area contributed by atoms with E-state index in [0.717, 1.165) is 16.9 Å². The first kappa shape index (κ1) is 17.2. The third-order valence-electron chi connectivity index (χ3n) is 3.69. The molecular formula is C21H18N2O3. The monoisotopic (exact) mass is 346 g/mol. The molecule has 0 fully saturated rings. The maximum atomic E-state index is 10.8. The smallest absolute Gasteiger partial charge is 0.335 e. The van der Waals surface area contributed by atoms with E-state index in [4.69, 9.17) is 9.84 Å². The molecule has 130 valence electrons. The quantitative estimate of drug-likeness (QED) is 0.491. The maximum Gasteiger partial charge on any atom is 0.335 e. The van der Waals surface area contributed by atoms with Crippen molar-refractivity contribution in [3.63, 3.8) is 0 Å². The van der Waals surface area contributed by atoms with E-state index in [0.29, 0.717) is 12.3 Å². The Morgan fingerprint density at radius 3 is 2.38 bits per heavy atom. The lowest BCUT2D eigenvalue weighted by Crippen LogP contribution is -1.99. The van der Waals surface area contributed by atoms with Gasteiger partial charge in [0, 0.05) is 5.56 Å². The predicted octanol–water partition coefficient (Wildman–Crippen LogP) is 4.41. The minimum atomic E-state index is -0.954. The van der Waals surface area contributed by atoms with Crippen molar-refractivity contribution in [3.8, 4) is 5.75 Å². The number of benzene rings is 3. The predicted molar refractivity (Wildman–Crippen MR) is 102 cm³/mol. The van der Waals surface area contributed by atoms with E-state index in [-0.39, 0.29) is 5.56 Å². The van der Waals surface area contributed by atoms with Gasteiger partial charge >= 0.3 is 5.97 Å². The number of carboxylic acids is 1. The number of carbonyl (C=O) groups is 1. The normalized spacial score (nSPS) is 10.6. The second-order valence-electron chi connectivity index (χ2n) is 5.56. The largest absolute Gasteiger partial charge is 0.488 e. The molecule has 2 N–H and O–H groups in total. The van der Waals surface area contributed by atoms with Crippen LogP contribution in [0.3, 0.4) is 0 Å². The lowest BCUT2D eigenvalue weighted by atomic mass is 10.2. The zero-order valence-corrected chi connectivity index (χ0v) is 14.0. The fraction of sp³-hybridized carbons (Fsp3) is 0.0476. The first-order valence-corrected chi connectivity index (χ1v) is 8.10. The van der Waals surface area contributed by atoms with Crippen molar-refractivity contribution < 1.29 is 14.6 Å². The zero-order chi connectivity index (χ0) is 18.2. The van der Waals surface area contributed by atoms with E-state index in [1.807, 2.05) is 54.6 Å². The van der Waals surface area contributed by atoms with Gasteiger partial charge in [0.1, 0.15) is 12.4 Å². The SMILES string of the molecule is O=C(O)c1ccc(N/N=C/c2ccccc2OCc2ccccc2)cc1. The highest BCUT2D eigenvalue weighted by atomic mass is 16.5. The van der Waals surface area contributed by atoms with Crippen molar-refractivity contribution in [2.24, 2.45) is 5.10 Å². The number of hydrogen-bond acceptors (Lipinski definition) is 4. The fourth-order valence-corrected chi connectivity index (χ4v) is 2.32. The lowest BCUT2D eigenvalue weighted by molar-refractivity contribution is 0.0697. The summed E-state index contributed by atoms with van der Waals surface area (Å²) in [4.78, 5) is 10.8. The van der Waals surface area contributed by atoms with Crippen LogP contribution in [0.15, 0.2) is 84.0 Å². The summed E-state index contributed by atoms with van der Waals surface area (Å²) in [6.45, 7) is 0.482. The summed E-state index contributed by atoms with van der Waals surface area (Å²) in [6, 6.07) is 24.0. The van der Waals surface area contributed by atoms with Crippen LogP contribution in [0.25, 0.3) is 0 Å². The van der Waals surface area contributed by atoms with Crippen LogP contribution in [-0.2, 0) is 6.61 Å². The molecule has 0 aliphatic rings. The van der Waals surface area contributed by atoms with Gasteiger partial charge in [0.15, 0.2) is 0 Å². The molecule has 0 heterocycles. The molecule has 5 nitrogen and oxygen atoms in total. The summed E-state index contributed by atoms with van der Waals surface area (Å²) in [5.41, 5.74) is 5.76. The van der Waals surface area contributed by atoms with Gasteiger partial charge in [-0.05, 0) is 42.0 Å². The Morgan fingerprint density at radius 1 is 0.962 bits per heavy atom. The number of aromatic carboxylic acids is 1. The third kappa shape index (κ3) is 4.70. The fourth-order valence-electron chi connectivity index (χ4n) is 2.32. The molecule has 0 unspecified atom stereocenters. The van der Waals surface area contributed by atoms with E-state index >= 15 is 0 Å². The molecule has 0 aliphatic heterocycles. The minimum Gasteiger partial charge on any atom is -0.488 e. The van der Waals surface area contributed by atoms with E-state index in [1.54, 1.807) is 18.3 Å². The molecule has 0 amide bonds. The number of nitrogens with one attached hydrogen (secondary N) is 1. The van der Waals surface area contributed by atoms with Crippen molar-refractivity contribution in [1.29, 1.82) is 0 Å². The molecule has 26 heavy (non-hydrogen) atoms. The molecular weight excluding hydrogens is 328 g/mol. The van der Waals surface area contributed by atoms with Crippen molar-refractivity contribution >= 4 is 17.9 Å². The maximum absolute atomic E-state index is 10.8. The number of hydrogen-bond donors (Lipinski definition) is 2. The van der Waals surface area contributed by atoms with Crippen molar-refractivity contribution in [3.05, 3.63) is 95.6 Å². The van der Waals surface area contributed by atoms with E-state index in [1.165, 1.54) is 12.1 Å². The Hall–Kier alpha value is -3.60. The molecule has 0 aliphatic carbocycles. The minimum absolute atomic E-state index is 0.235. The number of hydrazone groups is 1. The highest BCUT2D eigenvalue weighted by molar-refractivity contribution is 5.88. The van der Waals surface area contributed by atoms with Gasteiger partial charge in [-0.25, -0.2) is 4.79 Å². The number of carboxylic acid groups (broad SMARTS) is 1. The third-order valence-corrected chi connectivity index (χ3v) is 3.69. The van der Waals surface area contributed by atoms with Gasteiger partial charge in [0.05, 0.1) is 17.5 Å². The topological polar surface area (TPSA) is 70.9 Å². The summed E-state index contributed by atoms with van der Waals surface area (Å²) in [5.74, 6) is -0.215. The molecule has 0 bridgehead atoms. The van der Waals surface area contributed by atoms with Crippen LogP contribution >= 0.6 is 0 Å². The molecule has 0 saturated heterocycles. The Morgan fingerprint density at radius 2 is 1.65 bits per heavy atom. The van der Waals surface area contributed by atoms with Crippen molar-refractivity contribution in [2.75, 3.05) is 5.43 Å². The van der Waals surface area contributed by atoms with Gasteiger partial charge in [0.2, 0.25) is 0 Å². The number of anilines is 1. The zero-order valence-electron chi connectivity index (χ0n) is 14.0. The molecule has 0 aromatic heterocycles. The second kappa shape index (κ2) is 8.48. The van der Waals surface area contributed by atoms with Crippen LogP contribution in [0, 0.1) is 0 Å². The molecule has 0 radical (unpaired) electrons.